The second-order valence-electron chi connectivity index (χ2n) is 3.42. The highest BCUT2D eigenvalue weighted by Gasteiger charge is 2.06. The summed E-state index contributed by atoms with van der Waals surface area (Å²) in [6.07, 6.45) is 5.07. The summed E-state index contributed by atoms with van der Waals surface area (Å²) in [4.78, 5) is 7.34. The zero-order chi connectivity index (χ0) is 10.4. The molecule has 0 aliphatic heterocycles. The molecule has 0 spiro atoms. The van der Waals surface area contributed by atoms with E-state index in [4.69, 9.17) is 0 Å². The van der Waals surface area contributed by atoms with Crippen molar-refractivity contribution in [3.05, 3.63) is 17.7 Å². The van der Waals surface area contributed by atoms with Gasteiger partial charge in [-0.3, -0.25) is 0 Å². The maximum absolute atomic E-state index is 4.26. The van der Waals surface area contributed by atoms with Gasteiger partial charge in [-0.2, -0.15) is 11.8 Å². The van der Waals surface area contributed by atoms with Gasteiger partial charge in [-0.25, -0.2) is 4.98 Å². The first kappa shape index (κ1) is 11.6. The zero-order valence-corrected chi connectivity index (χ0v) is 9.95. The van der Waals surface area contributed by atoms with E-state index in [1.165, 1.54) is 12.2 Å². The van der Waals surface area contributed by atoms with Crippen LogP contribution in [0.1, 0.15) is 24.7 Å². The third-order valence-corrected chi connectivity index (χ3v) is 3.09. The lowest BCUT2D eigenvalue weighted by Crippen LogP contribution is -2.30. The van der Waals surface area contributed by atoms with Crippen molar-refractivity contribution in [2.24, 2.45) is 0 Å². The molecular weight excluding hydrogens is 194 g/mol. The van der Waals surface area contributed by atoms with Gasteiger partial charge >= 0.3 is 0 Å². The Morgan fingerprint density at radius 1 is 1.64 bits per heavy atom. The number of hydrogen-bond donors (Lipinski definition) is 2. The molecule has 4 heteroatoms. The zero-order valence-electron chi connectivity index (χ0n) is 9.13. The van der Waals surface area contributed by atoms with E-state index in [0.29, 0.717) is 6.04 Å². The number of hydrogen-bond acceptors (Lipinski definition) is 3. The first-order chi connectivity index (χ1) is 6.77. The van der Waals surface area contributed by atoms with Crippen LogP contribution in [0.2, 0.25) is 0 Å². The van der Waals surface area contributed by atoms with Crippen LogP contribution < -0.4 is 5.32 Å². The topological polar surface area (TPSA) is 40.7 Å². The molecule has 1 unspecified atom stereocenters. The minimum Gasteiger partial charge on any atom is -0.348 e. The number of imidazole rings is 1. The van der Waals surface area contributed by atoms with Crippen molar-refractivity contribution < 1.29 is 0 Å². The highest BCUT2D eigenvalue weighted by molar-refractivity contribution is 7.98. The molecule has 0 aromatic carbocycles. The van der Waals surface area contributed by atoms with E-state index in [1.54, 1.807) is 6.33 Å². The lowest BCUT2D eigenvalue weighted by Gasteiger charge is -2.14. The summed E-state index contributed by atoms with van der Waals surface area (Å²) >= 11 is 1.88. The van der Waals surface area contributed by atoms with Gasteiger partial charge in [-0.15, -0.1) is 0 Å². The Morgan fingerprint density at radius 2 is 2.43 bits per heavy atom. The van der Waals surface area contributed by atoms with Gasteiger partial charge in [-0.1, -0.05) is 6.92 Å². The molecular formula is C10H19N3S. The number of H-pyrrole nitrogens is 1. The Morgan fingerprint density at radius 3 is 2.93 bits per heavy atom. The summed E-state index contributed by atoms with van der Waals surface area (Å²) in [5.41, 5.74) is 2.29. The lowest BCUT2D eigenvalue weighted by molar-refractivity contribution is 0.536. The van der Waals surface area contributed by atoms with Crippen molar-refractivity contribution in [1.29, 1.82) is 0 Å². The van der Waals surface area contributed by atoms with Gasteiger partial charge in [0.2, 0.25) is 0 Å². The molecule has 0 aliphatic rings. The molecule has 0 saturated carbocycles. The van der Waals surface area contributed by atoms with Gasteiger partial charge < -0.3 is 10.3 Å². The predicted molar refractivity (Wildman–Crippen MR) is 62.6 cm³/mol. The number of rotatable bonds is 6. The maximum Gasteiger partial charge on any atom is 0.0925 e. The Hall–Kier alpha value is -0.480. The van der Waals surface area contributed by atoms with Gasteiger partial charge in [0.15, 0.2) is 0 Å². The van der Waals surface area contributed by atoms with Crippen molar-refractivity contribution in [3.8, 4) is 0 Å². The van der Waals surface area contributed by atoms with Crippen LogP contribution >= 0.6 is 11.8 Å². The molecule has 0 amide bonds. The number of thioether (sulfide) groups is 1. The fourth-order valence-corrected chi connectivity index (χ4v) is 2.08. The van der Waals surface area contributed by atoms with Gasteiger partial charge in [0.05, 0.1) is 12.0 Å². The summed E-state index contributed by atoms with van der Waals surface area (Å²) in [7, 11) is 0. The largest absolute Gasteiger partial charge is 0.348 e. The number of aromatic nitrogens is 2. The minimum atomic E-state index is 0.598. The first-order valence-electron chi connectivity index (χ1n) is 4.99. The Bertz CT molecular complexity index is 260. The molecule has 1 rings (SSSR count). The number of nitrogens with zero attached hydrogens (tertiary/aromatic N) is 1. The molecule has 1 atom stereocenters. The van der Waals surface area contributed by atoms with Crippen LogP contribution in [0.3, 0.4) is 0 Å². The molecule has 0 fully saturated rings. The van der Waals surface area contributed by atoms with Gasteiger partial charge in [0, 0.05) is 24.0 Å². The molecule has 0 saturated heterocycles. The van der Waals surface area contributed by atoms with Crippen molar-refractivity contribution in [3.63, 3.8) is 0 Å². The Labute approximate surface area is 90.1 Å². The highest BCUT2D eigenvalue weighted by atomic mass is 32.2. The smallest absolute Gasteiger partial charge is 0.0925 e. The molecule has 0 aliphatic carbocycles. The summed E-state index contributed by atoms with van der Waals surface area (Å²) in [6, 6.07) is 0.598. The first-order valence-corrected chi connectivity index (χ1v) is 6.38. The van der Waals surface area contributed by atoms with E-state index in [0.717, 1.165) is 17.9 Å². The predicted octanol–water partition coefficient (Wildman–Crippen LogP) is 1.95. The van der Waals surface area contributed by atoms with E-state index in [-0.39, 0.29) is 0 Å². The third-order valence-electron chi connectivity index (χ3n) is 2.35. The maximum atomic E-state index is 4.26. The highest BCUT2D eigenvalue weighted by Crippen LogP contribution is 2.04. The third kappa shape index (κ3) is 3.35. The van der Waals surface area contributed by atoms with E-state index in [2.05, 4.69) is 35.4 Å². The molecule has 14 heavy (non-hydrogen) atoms. The molecule has 1 aromatic heterocycles. The van der Waals surface area contributed by atoms with Crippen LogP contribution in [0.5, 0.6) is 0 Å². The summed E-state index contributed by atoms with van der Waals surface area (Å²) in [5.74, 6) is 1.17. The second kappa shape index (κ2) is 6.09. The van der Waals surface area contributed by atoms with E-state index < -0.39 is 0 Å². The van der Waals surface area contributed by atoms with E-state index in [1.807, 2.05) is 11.8 Å². The molecule has 0 bridgehead atoms. The average molecular weight is 213 g/mol. The summed E-state index contributed by atoms with van der Waals surface area (Å²) in [6.45, 7) is 5.14. The van der Waals surface area contributed by atoms with E-state index in [9.17, 15) is 0 Å². The average Bonchev–Trinajstić information content (AvgIpc) is 2.59. The standard InChI is InChI=1S/C10H19N3S/c1-4-9(6-14-3)11-5-10-8(2)12-7-13-10/h7,9,11H,4-6H2,1-3H3,(H,12,13). The quantitative estimate of drug-likeness (QED) is 0.759. The molecule has 80 valence electrons. The molecule has 1 aromatic rings. The fraction of sp³-hybridized carbons (Fsp3) is 0.700. The molecule has 0 radical (unpaired) electrons. The van der Waals surface area contributed by atoms with Gasteiger partial charge in [0.1, 0.15) is 0 Å². The SMILES string of the molecule is CCC(CSC)NCc1nc[nH]c1C. The minimum absolute atomic E-state index is 0.598. The van der Waals surface area contributed by atoms with Crippen LogP contribution in [0, 0.1) is 6.92 Å². The fourth-order valence-electron chi connectivity index (χ4n) is 1.33. The van der Waals surface area contributed by atoms with Crippen LogP contribution in [-0.4, -0.2) is 28.0 Å². The lowest BCUT2D eigenvalue weighted by atomic mass is 10.2. The molecule has 1 heterocycles. The summed E-state index contributed by atoms with van der Waals surface area (Å²) < 4.78 is 0. The van der Waals surface area contributed by atoms with Crippen molar-refractivity contribution in [2.45, 2.75) is 32.9 Å². The van der Waals surface area contributed by atoms with Crippen molar-refractivity contribution in [1.82, 2.24) is 15.3 Å². The van der Waals surface area contributed by atoms with Crippen LogP contribution in [0.15, 0.2) is 6.33 Å². The monoisotopic (exact) mass is 213 g/mol. The number of nitrogens with one attached hydrogen (secondary N) is 2. The normalized spacial score (nSPS) is 13.1. The number of aromatic amines is 1. The van der Waals surface area contributed by atoms with E-state index >= 15 is 0 Å². The molecule has 3 nitrogen and oxygen atoms in total. The van der Waals surface area contributed by atoms with Crippen LogP contribution in [0.4, 0.5) is 0 Å². The summed E-state index contributed by atoms with van der Waals surface area (Å²) in [5, 5.41) is 3.51. The van der Waals surface area contributed by atoms with Gasteiger partial charge in [0.25, 0.3) is 0 Å². The second-order valence-corrected chi connectivity index (χ2v) is 4.33. The van der Waals surface area contributed by atoms with Crippen molar-refractivity contribution in [2.75, 3.05) is 12.0 Å². The van der Waals surface area contributed by atoms with Crippen LogP contribution in [-0.2, 0) is 6.54 Å². The Balaban J connectivity index is 2.35. The molecule has 2 N–H and O–H groups in total. The van der Waals surface area contributed by atoms with Gasteiger partial charge in [-0.05, 0) is 19.6 Å². The number of aryl methyl sites for hydroxylation is 1. The van der Waals surface area contributed by atoms with Crippen molar-refractivity contribution >= 4 is 11.8 Å². The van der Waals surface area contributed by atoms with Crippen LogP contribution in [0.25, 0.3) is 0 Å². The Kier molecular flexibility index (Phi) is 5.04.